The fraction of sp³-hybridized carbons (Fsp3) is 0.571. The third-order valence-electron chi connectivity index (χ3n) is 6.02. The Labute approximate surface area is 155 Å². The lowest BCUT2D eigenvalue weighted by atomic mass is 9.67. The molecule has 5 heteroatoms. The molecular weight excluding hydrogens is 328 g/mol. The van der Waals surface area contributed by atoms with Crippen LogP contribution < -0.4 is 0 Å². The predicted molar refractivity (Wildman–Crippen MR) is 103 cm³/mol. The molecule has 2 atom stereocenters. The van der Waals surface area contributed by atoms with E-state index in [0.29, 0.717) is 19.0 Å². The summed E-state index contributed by atoms with van der Waals surface area (Å²) in [6.07, 6.45) is 1.66. The van der Waals surface area contributed by atoms with Crippen LogP contribution in [0.3, 0.4) is 0 Å². The second-order valence-corrected chi connectivity index (χ2v) is 8.75. The van der Waals surface area contributed by atoms with Gasteiger partial charge in [0.2, 0.25) is 0 Å². The Balaban J connectivity index is 2.13. The molecule has 2 heterocycles. The number of benzene rings is 1. The molecule has 0 radical (unpaired) electrons. The summed E-state index contributed by atoms with van der Waals surface area (Å²) in [4.78, 5) is 13.4. The molecule has 0 saturated carbocycles. The number of hydrogen-bond acceptors (Lipinski definition) is 2. The van der Waals surface area contributed by atoms with Gasteiger partial charge in [0.05, 0.1) is 5.54 Å². The molecule has 3 rings (SSSR count). The van der Waals surface area contributed by atoms with Crippen LogP contribution in [0.1, 0.15) is 65.2 Å². The monoisotopic (exact) mass is 358 g/mol. The maximum Gasteiger partial charge on any atom is 0.407 e. The fourth-order valence-electron chi connectivity index (χ4n) is 4.64. The number of aliphatic hydroxyl groups is 1. The van der Waals surface area contributed by atoms with Crippen molar-refractivity contribution in [2.45, 2.75) is 65.1 Å². The average molecular weight is 358 g/mol. The van der Waals surface area contributed by atoms with Gasteiger partial charge in [0.25, 0.3) is 0 Å². The topological polar surface area (TPSA) is 65.7 Å². The van der Waals surface area contributed by atoms with Crippen LogP contribution in [0.2, 0.25) is 0 Å². The van der Waals surface area contributed by atoms with Crippen molar-refractivity contribution in [2.75, 3.05) is 6.54 Å². The summed E-state index contributed by atoms with van der Waals surface area (Å²) in [5.74, 6) is 0. The van der Waals surface area contributed by atoms with Crippen LogP contribution in [0.4, 0.5) is 4.79 Å². The quantitative estimate of drug-likeness (QED) is 0.827. The van der Waals surface area contributed by atoms with E-state index in [1.54, 1.807) is 0 Å². The molecular formula is C21H30N2O3. The Kier molecular flexibility index (Phi) is 4.55. The van der Waals surface area contributed by atoms with E-state index in [-0.39, 0.29) is 0 Å². The predicted octanol–water partition coefficient (Wildman–Crippen LogP) is 4.81. The highest BCUT2D eigenvalue weighted by Gasteiger charge is 2.56. The minimum atomic E-state index is -0.955. The Morgan fingerprint density at radius 3 is 2.50 bits per heavy atom. The molecule has 1 unspecified atom stereocenters. The number of aromatic nitrogens is 1. The van der Waals surface area contributed by atoms with E-state index < -0.39 is 23.2 Å². The normalized spacial score (nSPS) is 22.3. The third-order valence-corrected chi connectivity index (χ3v) is 6.02. The van der Waals surface area contributed by atoms with Crippen LogP contribution >= 0.6 is 0 Å². The van der Waals surface area contributed by atoms with Crippen molar-refractivity contribution in [3.05, 3.63) is 36.0 Å². The lowest BCUT2D eigenvalue weighted by Gasteiger charge is -2.50. The largest absolute Gasteiger partial charge is 0.465 e. The summed E-state index contributed by atoms with van der Waals surface area (Å²) in [6, 6.07) is 8.36. The molecule has 26 heavy (non-hydrogen) atoms. The number of fused-ring (bicyclic) bond motifs is 1. The number of hydrogen-bond donors (Lipinski definition) is 2. The van der Waals surface area contributed by atoms with Crippen molar-refractivity contribution in [1.29, 1.82) is 0 Å². The van der Waals surface area contributed by atoms with Gasteiger partial charge in [-0.15, -0.1) is 0 Å². The van der Waals surface area contributed by atoms with Crippen molar-refractivity contribution in [3.8, 4) is 0 Å². The Bertz CT molecular complexity index is 818. The zero-order chi connectivity index (χ0) is 19.3. The summed E-state index contributed by atoms with van der Waals surface area (Å²) in [7, 11) is 0. The minimum Gasteiger partial charge on any atom is -0.465 e. The lowest BCUT2D eigenvalue weighted by Crippen LogP contribution is -2.59. The summed E-state index contributed by atoms with van der Waals surface area (Å²) < 4.78 is 2.18. The van der Waals surface area contributed by atoms with Crippen LogP contribution in [0.15, 0.2) is 30.5 Å². The molecule has 2 N–H and O–H groups in total. The molecule has 2 aromatic rings. The molecule has 5 nitrogen and oxygen atoms in total. The molecule has 142 valence electrons. The molecule has 1 aromatic heterocycles. The molecule has 0 spiro atoms. The molecule has 0 aliphatic carbocycles. The second kappa shape index (κ2) is 6.31. The molecule has 1 fully saturated rings. The summed E-state index contributed by atoms with van der Waals surface area (Å²) in [6.45, 7) is 10.8. The maximum atomic E-state index is 11.9. The first-order valence-corrected chi connectivity index (χ1v) is 9.39. The minimum absolute atomic E-state index is 0.318. The van der Waals surface area contributed by atoms with E-state index in [2.05, 4.69) is 30.7 Å². The van der Waals surface area contributed by atoms with Gasteiger partial charge in [0.1, 0.15) is 6.10 Å². The number of carbonyl (C=O) groups is 1. The van der Waals surface area contributed by atoms with E-state index in [1.807, 2.05) is 39.0 Å². The highest BCUT2D eigenvalue weighted by atomic mass is 16.4. The van der Waals surface area contributed by atoms with Gasteiger partial charge in [-0.25, -0.2) is 4.79 Å². The summed E-state index contributed by atoms with van der Waals surface area (Å²) in [5, 5.41) is 22.3. The van der Waals surface area contributed by atoms with Gasteiger partial charge in [-0.1, -0.05) is 32.9 Å². The van der Waals surface area contributed by atoms with E-state index in [4.69, 9.17) is 0 Å². The van der Waals surface area contributed by atoms with Gasteiger partial charge >= 0.3 is 6.09 Å². The SMILES string of the molecule is CC(C)n1ccc2ccc(C(O)[C@@]3(C(C)(C)C)CCCN3C(=O)O)cc21. The molecule has 1 saturated heterocycles. The van der Waals surface area contributed by atoms with Gasteiger partial charge in [-0.05, 0) is 55.2 Å². The number of nitrogens with zero attached hydrogens (tertiary/aromatic N) is 2. The number of likely N-dealkylation sites (tertiary alicyclic amines) is 1. The number of aliphatic hydroxyl groups excluding tert-OH is 1. The van der Waals surface area contributed by atoms with Crippen molar-refractivity contribution in [3.63, 3.8) is 0 Å². The van der Waals surface area contributed by atoms with Gasteiger partial charge < -0.3 is 14.8 Å². The molecule has 1 amide bonds. The molecule has 1 aliphatic rings. The van der Waals surface area contributed by atoms with E-state index in [9.17, 15) is 15.0 Å². The highest BCUT2D eigenvalue weighted by Crippen LogP contribution is 2.51. The third kappa shape index (κ3) is 2.69. The van der Waals surface area contributed by atoms with Crippen molar-refractivity contribution in [1.82, 2.24) is 9.47 Å². The van der Waals surface area contributed by atoms with Crippen LogP contribution in [-0.4, -0.2) is 37.9 Å². The summed E-state index contributed by atoms with van der Waals surface area (Å²) >= 11 is 0. The van der Waals surface area contributed by atoms with E-state index in [0.717, 1.165) is 22.9 Å². The number of rotatable bonds is 3. The van der Waals surface area contributed by atoms with Crippen LogP contribution in [0.25, 0.3) is 10.9 Å². The molecule has 1 aromatic carbocycles. The Morgan fingerprint density at radius 1 is 1.23 bits per heavy atom. The highest BCUT2D eigenvalue weighted by molar-refractivity contribution is 5.81. The first-order chi connectivity index (χ1) is 12.1. The lowest BCUT2D eigenvalue weighted by molar-refractivity contribution is -0.0670. The zero-order valence-corrected chi connectivity index (χ0v) is 16.4. The van der Waals surface area contributed by atoms with E-state index >= 15 is 0 Å². The smallest absolute Gasteiger partial charge is 0.407 e. The Morgan fingerprint density at radius 2 is 1.92 bits per heavy atom. The number of carboxylic acid groups (broad SMARTS) is 1. The average Bonchev–Trinajstić information content (AvgIpc) is 3.17. The standard InChI is InChI=1S/C21H30N2O3/c1-14(2)22-12-9-15-7-8-16(13-17(15)22)18(24)21(20(3,4)5)10-6-11-23(21)19(25)26/h7-9,12-14,18,24H,6,10-11H2,1-5H3,(H,25,26)/t18?,21-/m1/s1. The van der Waals surface area contributed by atoms with Gasteiger partial charge in [0, 0.05) is 24.3 Å². The fourth-order valence-corrected chi connectivity index (χ4v) is 4.64. The van der Waals surface area contributed by atoms with Crippen LogP contribution in [-0.2, 0) is 0 Å². The van der Waals surface area contributed by atoms with E-state index in [1.165, 1.54) is 4.90 Å². The molecule has 0 bridgehead atoms. The first kappa shape index (κ1) is 18.8. The van der Waals surface area contributed by atoms with Crippen molar-refractivity contribution < 1.29 is 15.0 Å². The van der Waals surface area contributed by atoms with Gasteiger partial charge in [-0.2, -0.15) is 0 Å². The van der Waals surface area contributed by atoms with Gasteiger partial charge in [-0.3, -0.25) is 4.90 Å². The van der Waals surface area contributed by atoms with Crippen molar-refractivity contribution in [2.24, 2.45) is 5.41 Å². The second-order valence-electron chi connectivity index (χ2n) is 8.75. The summed E-state index contributed by atoms with van der Waals surface area (Å²) in [5.41, 5.74) is 0.625. The maximum absolute atomic E-state index is 11.9. The zero-order valence-electron chi connectivity index (χ0n) is 16.4. The van der Waals surface area contributed by atoms with Gasteiger partial charge in [0.15, 0.2) is 0 Å². The van der Waals surface area contributed by atoms with Crippen LogP contribution in [0, 0.1) is 5.41 Å². The Hall–Kier alpha value is -2.01. The van der Waals surface area contributed by atoms with Crippen LogP contribution in [0.5, 0.6) is 0 Å². The number of amides is 1. The van der Waals surface area contributed by atoms with Crippen molar-refractivity contribution >= 4 is 17.0 Å². The molecule has 1 aliphatic heterocycles. The first-order valence-electron chi connectivity index (χ1n) is 9.39.